The van der Waals surface area contributed by atoms with Crippen LogP contribution in [0.25, 0.3) is 11.0 Å². The molecule has 4 rings (SSSR count). The highest BCUT2D eigenvalue weighted by Gasteiger charge is 2.25. The molecule has 0 bridgehead atoms. The monoisotopic (exact) mass is 388 g/mol. The molecule has 1 N–H and O–H groups in total. The number of fused-ring (bicyclic) bond motifs is 1. The molecular weight excluding hydrogens is 367 g/mol. The Balaban J connectivity index is 1.52. The molecule has 1 aliphatic heterocycles. The molecule has 7 heteroatoms. The van der Waals surface area contributed by atoms with Gasteiger partial charge in [-0.3, -0.25) is 9.69 Å². The summed E-state index contributed by atoms with van der Waals surface area (Å²) < 4.78 is 24.6. The zero-order chi connectivity index (χ0) is 18.8. The maximum absolute atomic E-state index is 13.5. The van der Waals surface area contributed by atoms with E-state index in [1.54, 1.807) is 24.3 Å². The van der Waals surface area contributed by atoms with Crippen molar-refractivity contribution >= 4 is 28.2 Å². The van der Waals surface area contributed by atoms with E-state index in [2.05, 4.69) is 16.3 Å². The Labute approximate surface area is 160 Å². The summed E-state index contributed by atoms with van der Waals surface area (Å²) in [7, 11) is 0. The first-order valence-electron chi connectivity index (χ1n) is 8.95. The molecule has 1 atom stereocenters. The Kier molecular flexibility index (Phi) is 5.24. The summed E-state index contributed by atoms with van der Waals surface area (Å²) in [5.41, 5.74) is 1.17. The van der Waals surface area contributed by atoms with Crippen LogP contribution in [0.2, 0.25) is 0 Å². The third-order valence-electron chi connectivity index (χ3n) is 4.92. The van der Waals surface area contributed by atoms with Gasteiger partial charge in [0, 0.05) is 35.5 Å². The topological polar surface area (TPSA) is 54.7 Å². The van der Waals surface area contributed by atoms with Crippen molar-refractivity contribution in [1.82, 2.24) is 10.2 Å². The smallest absolute Gasteiger partial charge is 0.287 e. The predicted octanol–water partition coefficient (Wildman–Crippen LogP) is 3.75. The van der Waals surface area contributed by atoms with Gasteiger partial charge in [0.2, 0.25) is 0 Å². The Morgan fingerprint density at radius 2 is 2.15 bits per heavy atom. The second-order valence-corrected chi connectivity index (χ2v) is 7.57. The first kappa shape index (κ1) is 18.2. The summed E-state index contributed by atoms with van der Waals surface area (Å²) in [6.45, 7) is 5.32. The zero-order valence-corrected chi connectivity index (χ0v) is 15.9. The van der Waals surface area contributed by atoms with Gasteiger partial charge in [-0.1, -0.05) is 6.07 Å². The van der Waals surface area contributed by atoms with Crippen molar-refractivity contribution in [2.75, 3.05) is 32.8 Å². The number of morpholine rings is 1. The zero-order valence-electron chi connectivity index (χ0n) is 15.0. The maximum atomic E-state index is 13.5. The van der Waals surface area contributed by atoms with Gasteiger partial charge >= 0.3 is 0 Å². The molecule has 0 radical (unpaired) electrons. The van der Waals surface area contributed by atoms with E-state index in [0.717, 1.165) is 13.1 Å². The molecule has 27 heavy (non-hydrogen) atoms. The largest absolute Gasteiger partial charge is 0.451 e. The second-order valence-electron chi connectivity index (χ2n) is 6.59. The minimum atomic E-state index is -0.344. The molecular formula is C20H21FN2O3S. The first-order valence-corrected chi connectivity index (χ1v) is 9.83. The molecule has 0 spiro atoms. The number of carbonyl (C=O) groups is 1. The standard InChI is InChI=1S/C20H21FN2O3S/c1-13-15-11-14(21)4-5-17(15)26-19(13)20(24)22-12-16(18-3-2-10-27-18)23-6-8-25-9-7-23/h2-5,10-11,16H,6-9,12H2,1H3,(H,22,24). The molecule has 1 saturated heterocycles. The summed E-state index contributed by atoms with van der Waals surface area (Å²) in [6.07, 6.45) is 0. The maximum Gasteiger partial charge on any atom is 0.287 e. The molecule has 1 unspecified atom stereocenters. The number of hydrogen-bond acceptors (Lipinski definition) is 5. The van der Waals surface area contributed by atoms with Gasteiger partial charge < -0.3 is 14.5 Å². The average Bonchev–Trinajstić information content (AvgIpc) is 3.32. The van der Waals surface area contributed by atoms with Crippen molar-refractivity contribution in [2.45, 2.75) is 13.0 Å². The fraction of sp³-hybridized carbons (Fsp3) is 0.350. The molecule has 142 valence electrons. The van der Waals surface area contributed by atoms with Crippen molar-refractivity contribution in [3.63, 3.8) is 0 Å². The van der Waals surface area contributed by atoms with E-state index in [0.29, 0.717) is 36.3 Å². The van der Waals surface area contributed by atoms with Crippen LogP contribution in [0.1, 0.15) is 27.0 Å². The number of nitrogens with one attached hydrogen (secondary N) is 1. The van der Waals surface area contributed by atoms with Gasteiger partial charge in [-0.05, 0) is 36.6 Å². The molecule has 0 aliphatic carbocycles. The van der Waals surface area contributed by atoms with Gasteiger partial charge in [0.15, 0.2) is 5.76 Å². The average molecular weight is 388 g/mol. The highest BCUT2D eigenvalue weighted by atomic mass is 32.1. The highest BCUT2D eigenvalue weighted by Crippen LogP contribution is 2.28. The second kappa shape index (κ2) is 7.80. The SMILES string of the molecule is Cc1c(C(=O)NCC(c2cccs2)N2CCOCC2)oc2ccc(F)cc12. The van der Waals surface area contributed by atoms with Gasteiger partial charge in [0.05, 0.1) is 19.3 Å². The number of carbonyl (C=O) groups excluding carboxylic acids is 1. The van der Waals surface area contributed by atoms with E-state index in [-0.39, 0.29) is 23.5 Å². The number of thiophene rings is 1. The van der Waals surface area contributed by atoms with Gasteiger partial charge in [0.25, 0.3) is 5.91 Å². The summed E-state index contributed by atoms with van der Waals surface area (Å²) in [6, 6.07) is 8.49. The van der Waals surface area contributed by atoms with E-state index in [4.69, 9.17) is 9.15 Å². The number of benzene rings is 1. The lowest BCUT2D eigenvalue weighted by atomic mass is 10.1. The highest BCUT2D eigenvalue weighted by molar-refractivity contribution is 7.10. The van der Waals surface area contributed by atoms with Gasteiger partial charge in [-0.15, -0.1) is 11.3 Å². The van der Waals surface area contributed by atoms with Gasteiger partial charge in [-0.25, -0.2) is 4.39 Å². The van der Waals surface area contributed by atoms with E-state index in [9.17, 15) is 9.18 Å². The molecule has 1 aliphatic rings. The van der Waals surface area contributed by atoms with Gasteiger partial charge in [0.1, 0.15) is 11.4 Å². The number of rotatable bonds is 5. The molecule has 5 nitrogen and oxygen atoms in total. The van der Waals surface area contributed by atoms with E-state index >= 15 is 0 Å². The minimum absolute atomic E-state index is 0.0972. The molecule has 2 aromatic heterocycles. The van der Waals surface area contributed by atoms with Crippen molar-refractivity contribution in [2.24, 2.45) is 0 Å². The molecule has 3 aromatic rings. The van der Waals surface area contributed by atoms with Crippen molar-refractivity contribution in [1.29, 1.82) is 0 Å². The fourth-order valence-corrected chi connectivity index (χ4v) is 4.32. The van der Waals surface area contributed by atoms with Gasteiger partial charge in [-0.2, -0.15) is 0 Å². The van der Waals surface area contributed by atoms with Crippen molar-refractivity contribution < 1.29 is 18.3 Å². The number of aryl methyl sites for hydroxylation is 1. The Hall–Kier alpha value is -2.22. The van der Waals surface area contributed by atoms with Crippen LogP contribution in [0.15, 0.2) is 40.1 Å². The van der Waals surface area contributed by atoms with Crippen molar-refractivity contribution in [3.05, 3.63) is 57.7 Å². The van der Waals surface area contributed by atoms with Crippen LogP contribution in [0, 0.1) is 12.7 Å². The van der Waals surface area contributed by atoms with Crippen LogP contribution >= 0.6 is 11.3 Å². The minimum Gasteiger partial charge on any atom is -0.451 e. The van der Waals surface area contributed by atoms with Crippen LogP contribution in [-0.2, 0) is 4.74 Å². The summed E-state index contributed by atoms with van der Waals surface area (Å²) in [4.78, 5) is 16.3. The Bertz CT molecular complexity index is 932. The molecule has 1 aromatic carbocycles. The Morgan fingerprint density at radius 1 is 1.33 bits per heavy atom. The number of furan rings is 1. The van der Waals surface area contributed by atoms with E-state index in [1.165, 1.54) is 17.0 Å². The predicted molar refractivity (Wildman–Crippen MR) is 103 cm³/mol. The lowest BCUT2D eigenvalue weighted by molar-refractivity contribution is 0.0168. The number of ether oxygens (including phenoxy) is 1. The lowest BCUT2D eigenvalue weighted by Crippen LogP contribution is -2.43. The van der Waals surface area contributed by atoms with Crippen LogP contribution in [0.4, 0.5) is 4.39 Å². The van der Waals surface area contributed by atoms with E-state index < -0.39 is 0 Å². The quantitative estimate of drug-likeness (QED) is 0.723. The first-order chi connectivity index (χ1) is 13.1. The van der Waals surface area contributed by atoms with Crippen LogP contribution in [0.5, 0.6) is 0 Å². The molecule has 1 amide bonds. The van der Waals surface area contributed by atoms with Crippen molar-refractivity contribution in [3.8, 4) is 0 Å². The van der Waals surface area contributed by atoms with E-state index in [1.807, 2.05) is 11.4 Å². The van der Waals surface area contributed by atoms with Crippen LogP contribution in [-0.4, -0.2) is 43.7 Å². The number of nitrogens with zero attached hydrogens (tertiary/aromatic N) is 1. The fourth-order valence-electron chi connectivity index (χ4n) is 3.46. The summed E-state index contributed by atoms with van der Waals surface area (Å²) in [5.74, 6) is -0.384. The molecule has 1 fully saturated rings. The summed E-state index contributed by atoms with van der Waals surface area (Å²) in [5, 5.41) is 5.67. The number of hydrogen-bond donors (Lipinski definition) is 1. The number of amides is 1. The molecule has 3 heterocycles. The lowest BCUT2D eigenvalue weighted by Gasteiger charge is -2.34. The Morgan fingerprint density at radius 3 is 2.89 bits per heavy atom. The van der Waals surface area contributed by atoms with Crippen LogP contribution < -0.4 is 5.32 Å². The third-order valence-corrected chi connectivity index (χ3v) is 5.89. The summed E-state index contributed by atoms with van der Waals surface area (Å²) >= 11 is 1.68. The number of halogens is 1. The molecule has 0 saturated carbocycles. The van der Waals surface area contributed by atoms with Crippen LogP contribution in [0.3, 0.4) is 0 Å². The normalized spacial score (nSPS) is 16.5. The third kappa shape index (κ3) is 3.76.